The minimum atomic E-state index is -1.13. The van der Waals surface area contributed by atoms with Gasteiger partial charge in [-0.3, -0.25) is 4.79 Å². The molecule has 0 aromatic carbocycles. The number of carbonyl (C=O) groups is 2. The average molecular weight is 296 g/mol. The molecule has 0 aliphatic heterocycles. The monoisotopic (exact) mass is 296 g/mol. The van der Waals surface area contributed by atoms with Gasteiger partial charge in [-0.25, -0.2) is 4.79 Å². The normalized spacial score (nSPS) is 10.2. The molecular formula is C10H8N4O5S. The van der Waals surface area contributed by atoms with Gasteiger partial charge in [0.05, 0.1) is 23.0 Å². The molecular weight excluding hydrogens is 288 g/mol. The number of amides is 1. The predicted octanol–water partition coefficient (Wildman–Crippen LogP) is 1.19. The molecule has 20 heavy (non-hydrogen) atoms. The van der Waals surface area contributed by atoms with Crippen molar-refractivity contribution in [2.24, 2.45) is 0 Å². The smallest absolute Gasteiger partial charge is 0.389 e. The quantitative estimate of drug-likeness (QED) is 0.630. The Morgan fingerprint density at radius 1 is 1.50 bits per heavy atom. The second-order valence-corrected chi connectivity index (χ2v) is 4.56. The Balaban J connectivity index is 2.03. The van der Waals surface area contributed by atoms with E-state index in [2.05, 4.69) is 10.4 Å². The largest absolute Gasteiger partial charge is 0.477 e. The first kappa shape index (κ1) is 13.7. The Morgan fingerprint density at radius 3 is 2.85 bits per heavy atom. The van der Waals surface area contributed by atoms with Crippen LogP contribution in [0.3, 0.4) is 0 Å². The van der Waals surface area contributed by atoms with Gasteiger partial charge in [0.2, 0.25) is 5.91 Å². The molecule has 0 saturated heterocycles. The van der Waals surface area contributed by atoms with E-state index < -0.39 is 16.8 Å². The number of aromatic nitrogens is 2. The first-order chi connectivity index (χ1) is 9.47. The van der Waals surface area contributed by atoms with Crippen LogP contribution in [0.4, 0.5) is 11.5 Å². The zero-order chi connectivity index (χ0) is 14.7. The standard InChI is InChI=1S/C10H8N4O5S/c15-8(5-13-3-1-7(12-13)14(18)19)11-6-2-4-20-9(6)10(16)17/h1-4H,5H2,(H,11,15)(H,16,17). The fraction of sp³-hybridized carbons (Fsp3) is 0.100. The summed E-state index contributed by atoms with van der Waals surface area (Å²) in [6.45, 7) is -0.247. The molecule has 2 aromatic heterocycles. The summed E-state index contributed by atoms with van der Waals surface area (Å²) in [5.41, 5.74) is 0.189. The van der Waals surface area contributed by atoms with E-state index in [1.54, 1.807) is 0 Å². The molecule has 0 spiro atoms. The average Bonchev–Trinajstić information content (AvgIpc) is 2.97. The van der Waals surface area contributed by atoms with E-state index in [0.717, 1.165) is 16.0 Å². The number of nitrogens with zero attached hydrogens (tertiary/aromatic N) is 3. The minimum absolute atomic E-state index is 0.0183. The number of thiophene rings is 1. The number of aromatic carboxylic acids is 1. The highest BCUT2D eigenvalue weighted by atomic mass is 32.1. The van der Waals surface area contributed by atoms with Gasteiger partial charge in [0.15, 0.2) is 0 Å². The summed E-state index contributed by atoms with van der Waals surface area (Å²) >= 11 is 0.988. The number of carbonyl (C=O) groups excluding carboxylic acids is 1. The van der Waals surface area contributed by atoms with Crippen molar-refractivity contribution in [3.63, 3.8) is 0 Å². The lowest BCUT2D eigenvalue weighted by atomic mass is 10.4. The van der Waals surface area contributed by atoms with Gasteiger partial charge in [0.25, 0.3) is 0 Å². The second-order valence-electron chi connectivity index (χ2n) is 3.65. The molecule has 1 amide bonds. The molecule has 0 atom stereocenters. The van der Waals surface area contributed by atoms with E-state index in [-0.39, 0.29) is 22.9 Å². The van der Waals surface area contributed by atoms with Gasteiger partial charge in [-0.05, 0) is 16.4 Å². The Labute approximate surface area is 115 Å². The number of nitro groups is 1. The Morgan fingerprint density at radius 2 is 2.25 bits per heavy atom. The van der Waals surface area contributed by atoms with Crippen LogP contribution < -0.4 is 5.32 Å². The SMILES string of the molecule is O=C(Cn1ccc([N+](=O)[O-])n1)Nc1ccsc1C(=O)O. The zero-order valence-corrected chi connectivity index (χ0v) is 10.7. The van der Waals surface area contributed by atoms with Crippen molar-refractivity contribution in [1.82, 2.24) is 9.78 Å². The van der Waals surface area contributed by atoms with Crippen LogP contribution >= 0.6 is 11.3 Å². The topological polar surface area (TPSA) is 127 Å². The van der Waals surface area contributed by atoms with Crippen LogP contribution in [0.15, 0.2) is 23.7 Å². The van der Waals surface area contributed by atoms with Gasteiger partial charge >= 0.3 is 11.8 Å². The summed E-state index contributed by atoms with van der Waals surface area (Å²) in [5, 5.41) is 26.9. The molecule has 0 unspecified atom stereocenters. The molecule has 0 aliphatic rings. The zero-order valence-electron chi connectivity index (χ0n) is 9.85. The number of carboxylic acid groups (broad SMARTS) is 1. The summed E-state index contributed by atoms with van der Waals surface area (Å²) in [4.78, 5) is 32.4. The van der Waals surface area contributed by atoms with E-state index in [0.29, 0.717) is 0 Å². The highest BCUT2D eigenvalue weighted by Crippen LogP contribution is 2.22. The molecule has 0 aliphatic carbocycles. The Bertz CT molecular complexity index is 677. The van der Waals surface area contributed by atoms with Crippen molar-refractivity contribution in [2.75, 3.05) is 5.32 Å². The van der Waals surface area contributed by atoms with E-state index in [9.17, 15) is 19.7 Å². The van der Waals surface area contributed by atoms with Crippen molar-refractivity contribution in [2.45, 2.75) is 6.54 Å². The number of anilines is 1. The van der Waals surface area contributed by atoms with Gasteiger partial charge in [-0.1, -0.05) is 0 Å². The first-order valence-corrected chi connectivity index (χ1v) is 6.14. The van der Waals surface area contributed by atoms with Crippen molar-refractivity contribution in [3.8, 4) is 0 Å². The first-order valence-electron chi connectivity index (χ1n) is 5.26. The summed E-state index contributed by atoms with van der Waals surface area (Å²) in [5.74, 6) is -2.02. The number of hydrogen-bond acceptors (Lipinski definition) is 6. The lowest BCUT2D eigenvalue weighted by Crippen LogP contribution is -2.19. The van der Waals surface area contributed by atoms with E-state index in [1.165, 1.54) is 23.7 Å². The number of carboxylic acids is 1. The molecule has 9 nitrogen and oxygen atoms in total. The lowest BCUT2D eigenvalue weighted by Gasteiger charge is -2.02. The molecule has 0 radical (unpaired) electrons. The molecule has 0 fully saturated rings. The highest BCUT2D eigenvalue weighted by molar-refractivity contribution is 7.12. The summed E-state index contributed by atoms with van der Waals surface area (Å²) < 4.78 is 1.10. The summed E-state index contributed by atoms with van der Waals surface area (Å²) in [6.07, 6.45) is 1.30. The maximum Gasteiger partial charge on any atom is 0.389 e. The van der Waals surface area contributed by atoms with Gasteiger partial charge in [0, 0.05) is 0 Å². The number of nitrogens with one attached hydrogen (secondary N) is 1. The van der Waals surface area contributed by atoms with Crippen molar-refractivity contribution in [1.29, 1.82) is 0 Å². The number of rotatable bonds is 5. The second kappa shape index (κ2) is 5.48. The molecule has 0 bridgehead atoms. The molecule has 0 saturated carbocycles. The Kier molecular flexibility index (Phi) is 3.75. The molecule has 104 valence electrons. The predicted molar refractivity (Wildman–Crippen MR) is 68.8 cm³/mol. The molecule has 2 heterocycles. The van der Waals surface area contributed by atoms with Crippen LogP contribution in [-0.2, 0) is 11.3 Å². The number of hydrogen-bond donors (Lipinski definition) is 2. The van der Waals surface area contributed by atoms with Crippen LogP contribution in [-0.4, -0.2) is 31.7 Å². The van der Waals surface area contributed by atoms with Gasteiger partial charge in [0.1, 0.15) is 11.4 Å². The third kappa shape index (κ3) is 2.98. The van der Waals surface area contributed by atoms with Crippen LogP contribution in [0.25, 0.3) is 0 Å². The summed E-state index contributed by atoms with van der Waals surface area (Å²) in [6, 6.07) is 2.64. The third-order valence-electron chi connectivity index (χ3n) is 2.25. The molecule has 2 aromatic rings. The Hall–Kier alpha value is -2.75. The van der Waals surface area contributed by atoms with Crippen molar-refractivity contribution >= 4 is 34.7 Å². The van der Waals surface area contributed by atoms with Crippen LogP contribution in [0.2, 0.25) is 0 Å². The van der Waals surface area contributed by atoms with Crippen molar-refractivity contribution < 1.29 is 19.6 Å². The van der Waals surface area contributed by atoms with Gasteiger partial charge in [-0.2, -0.15) is 4.68 Å². The fourth-order valence-corrected chi connectivity index (χ4v) is 2.13. The fourth-order valence-electron chi connectivity index (χ4n) is 1.45. The van der Waals surface area contributed by atoms with Crippen LogP contribution in [0, 0.1) is 10.1 Å². The molecule has 2 N–H and O–H groups in total. The minimum Gasteiger partial charge on any atom is -0.477 e. The van der Waals surface area contributed by atoms with Gasteiger partial charge in [-0.15, -0.1) is 11.3 Å². The van der Waals surface area contributed by atoms with E-state index >= 15 is 0 Å². The van der Waals surface area contributed by atoms with Crippen LogP contribution in [0.1, 0.15) is 9.67 Å². The van der Waals surface area contributed by atoms with Gasteiger partial charge < -0.3 is 20.5 Å². The summed E-state index contributed by atoms with van der Waals surface area (Å²) in [7, 11) is 0. The lowest BCUT2D eigenvalue weighted by molar-refractivity contribution is -0.389. The van der Waals surface area contributed by atoms with E-state index in [4.69, 9.17) is 5.11 Å². The van der Waals surface area contributed by atoms with Crippen LogP contribution in [0.5, 0.6) is 0 Å². The molecule has 2 rings (SSSR count). The van der Waals surface area contributed by atoms with Crippen molar-refractivity contribution in [3.05, 3.63) is 38.7 Å². The van der Waals surface area contributed by atoms with E-state index in [1.807, 2.05) is 0 Å². The maximum atomic E-state index is 11.7. The maximum absolute atomic E-state index is 11.7. The highest BCUT2D eigenvalue weighted by Gasteiger charge is 2.16. The molecule has 10 heteroatoms. The third-order valence-corrected chi connectivity index (χ3v) is 3.16.